The lowest BCUT2D eigenvalue weighted by Crippen LogP contribution is -2.39. The molecule has 0 amide bonds. The molecule has 3 rings (SSSR count). The van der Waals surface area contributed by atoms with Gasteiger partial charge in [-0.05, 0) is 85.9 Å². The molecule has 1 aliphatic rings. The van der Waals surface area contributed by atoms with Crippen LogP contribution in [-0.4, -0.2) is 59.9 Å². The number of esters is 1. The monoisotopic (exact) mass is 601 g/mol. The Bertz CT molecular complexity index is 1310. The lowest BCUT2D eigenvalue weighted by Gasteiger charge is -2.35. The van der Waals surface area contributed by atoms with Gasteiger partial charge < -0.3 is 9.64 Å². The van der Waals surface area contributed by atoms with Crippen LogP contribution in [-0.2, 0) is 29.6 Å². The van der Waals surface area contributed by atoms with Crippen LogP contribution < -0.4 is 9.62 Å². The number of carbonyl (C=O) groups is 1. The number of hydrogen-bond donors (Lipinski definition) is 1. The van der Waals surface area contributed by atoms with E-state index in [0.29, 0.717) is 41.8 Å². The van der Waals surface area contributed by atoms with E-state index < -0.39 is 25.6 Å². The quantitative estimate of drug-likeness (QED) is 0.476. The Hall–Kier alpha value is -2.15. The number of nitrogens with zero attached hydrogens (tertiary/aromatic N) is 2. The molecule has 1 saturated heterocycles. The molecule has 9 nitrogen and oxygen atoms in total. The molecule has 1 aliphatic heterocycles. The summed E-state index contributed by atoms with van der Waals surface area (Å²) in [5, 5.41) is 0. The first-order chi connectivity index (χ1) is 16.6. The van der Waals surface area contributed by atoms with Crippen molar-refractivity contribution >= 4 is 53.3 Å². The molecule has 1 fully saturated rings. The van der Waals surface area contributed by atoms with Gasteiger partial charge in [-0.25, -0.2) is 21.1 Å². The van der Waals surface area contributed by atoms with Gasteiger partial charge in [-0.2, -0.15) is 0 Å². The van der Waals surface area contributed by atoms with Crippen molar-refractivity contribution in [3.05, 3.63) is 46.9 Å². The fraction of sp³-hybridized carbons (Fsp3) is 0.458. The Morgan fingerprint density at radius 2 is 1.56 bits per heavy atom. The third-order valence-electron chi connectivity index (χ3n) is 5.70. The summed E-state index contributed by atoms with van der Waals surface area (Å²) < 4.78 is 60.8. The molecule has 2 aromatic carbocycles. The Morgan fingerprint density at radius 3 is 2.08 bits per heavy atom. The summed E-state index contributed by atoms with van der Waals surface area (Å²) in [4.78, 5) is 14.5. The lowest BCUT2D eigenvalue weighted by atomic mass is 9.96. The highest BCUT2D eigenvalue weighted by Crippen LogP contribution is 2.38. The summed E-state index contributed by atoms with van der Waals surface area (Å²) in [5.41, 5.74) is 0.511. The largest absolute Gasteiger partial charge is 0.460 e. The van der Waals surface area contributed by atoms with Gasteiger partial charge in [0.15, 0.2) is 0 Å². The van der Waals surface area contributed by atoms with E-state index >= 15 is 0 Å². The van der Waals surface area contributed by atoms with E-state index in [4.69, 9.17) is 4.74 Å². The first-order valence-electron chi connectivity index (χ1n) is 11.4. The topological polar surface area (TPSA) is 113 Å². The molecule has 0 saturated carbocycles. The maximum atomic E-state index is 13.2. The number of nitrogens with one attached hydrogen (secondary N) is 1. The second-order valence-electron chi connectivity index (χ2n) is 9.80. The minimum Gasteiger partial charge on any atom is -0.460 e. The second kappa shape index (κ2) is 10.7. The number of piperidine rings is 1. The minimum atomic E-state index is -4.00. The van der Waals surface area contributed by atoms with Gasteiger partial charge in [-0.1, -0.05) is 6.07 Å². The molecule has 0 bridgehead atoms. The first kappa shape index (κ1) is 28.4. The third-order valence-corrected chi connectivity index (χ3v) is 9.55. The molecule has 36 heavy (non-hydrogen) atoms. The molecule has 1 heterocycles. The summed E-state index contributed by atoms with van der Waals surface area (Å²) >= 11 is 3.54. The average Bonchev–Trinajstić information content (AvgIpc) is 2.78. The maximum absolute atomic E-state index is 13.2. The number of hydrogen-bond acceptors (Lipinski definition) is 7. The molecule has 2 aromatic rings. The molecule has 0 aromatic heterocycles. The van der Waals surface area contributed by atoms with E-state index in [0.717, 1.165) is 4.31 Å². The predicted octanol–water partition coefficient (Wildman–Crippen LogP) is 4.06. The zero-order valence-corrected chi connectivity index (χ0v) is 24.2. The molecular weight excluding hydrogens is 570 g/mol. The van der Waals surface area contributed by atoms with Crippen molar-refractivity contribution < 1.29 is 26.4 Å². The Kier molecular flexibility index (Phi) is 8.43. The van der Waals surface area contributed by atoms with E-state index in [1.807, 2.05) is 31.7 Å². The van der Waals surface area contributed by atoms with Gasteiger partial charge in [0.25, 0.3) is 10.0 Å². The average molecular weight is 603 g/mol. The summed E-state index contributed by atoms with van der Waals surface area (Å²) in [5.74, 6) is -0.421. The van der Waals surface area contributed by atoms with Crippen molar-refractivity contribution in [2.24, 2.45) is 5.92 Å². The van der Waals surface area contributed by atoms with E-state index in [2.05, 4.69) is 20.7 Å². The molecule has 1 N–H and O–H groups in total. The van der Waals surface area contributed by atoms with Crippen LogP contribution in [0.25, 0.3) is 0 Å². The van der Waals surface area contributed by atoms with Gasteiger partial charge in [-0.3, -0.25) is 9.52 Å². The maximum Gasteiger partial charge on any atom is 0.309 e. The molecule has 0 radical (unpaired) electrons. The summed E-state index contributed by atoms with van der Waals surface area (Å²) in [7, 11) is -4.85. The van der Waals surface area contributed by atoms with Crippen LogP contribution in [0.3, 0.4) is 0 Å². The van der Waals surface area contributed by atoms with Crippen LogP contribution in [0.1, 0.15) is 33.6 Å². The summed E-state index contributed by atoms with van der Waals surface area (Å²) in [6, 6.07) is 10.3. The van der Waals surface area contributed by atoms with E-state index in [1.165, 1.54) is 38.4 Å². The predicted molar refractivity (Wildman–Crippen MR) is 143 cm³/mol. The highest BCUT2D eigenvalue weighted by atomic mass is 79.9. The summed E-state index contributed by atoms with van der Waals surface area (Å²) in [6.07, 6.45) is 1.18. The van der Waals surface area contributed by atoms with Crippen molar-refractivity contribution in [2.45, 2.75) is 49.0 Å². The first-order valence-corrected chi connectivity index (χ1v) is 15.2. The van der Waals surface area contributed by atoms with Gasteiger partial charge in [-0.15, -0.1) is 0 Å². The number of anilines is 2. The van der Waals surface area contributed by atoms with Gasteiger partial charge in [0, 0.05) is 31.7 Å². The van der Waals surface area contributed by atoms with Crippen LogP contribution in [0.5, 0.6) is 0 Å². The Morgan fingerprint density at radius 1 is 1.00 bits per heavy atom. The van der Waals surface area contributed by atoms with E-state index in [-0.39, 0.29) is 21.7 Å². The highest BCUT2D eigenvalue weighted by molar-refractivity contribution is 9.10. The van der Waals surface area contributed by atoms with Crippen molar-refractivity contribution in [3.8, 4) is 0 Å². The fourth-order valence-electron chi connectivity index (χ4n) is 3.85. The second-order valence-corrected chi connectivity index (χ2v) is 14.5. The molecule has 198 valence electrons. The fourth-order valence-corrected chi connectivity index (χ4v) is 6.43. The number of carbonyl (C=O) groups excluding carboxylic acids is 1. The van der Waals surface area contributed by atoms with Crippen molar-refractivity contribution in [2.75, 3.05) is 36.8 Å². The molecule has 0 spiro atoms. The zero-order chi connectivity index (χ0) is 26.9. The van der Waals surface area contributed by atoms with Crippen LogP contribution in [0.15, 0.2) is 56.7 Å². The zero-order valence-electron chi connectivity index (χ0n) is 21.0. The standard InChI is InChI=1S/C24H32BrN3O6S2/c1-24(2,3)34-23(29)17-13-15-28(16-14-17)22-20(25)7-6-8-21(22)26-35(30,31)18-9-11-19(12-10-18)36(32,33)27(4)5/h6-12,17,26H,13-16H2,1-5H3. The Balaban J connectivity index is 1.80. The lowest BCUT2D eigenvalue weighted by molar-refractivity contribution is -0.160. The smallest absolute Gasteiger partial charge is 0.309 e. The molecular formula is C24H32BrN3O6S2. The van der Waals surface area contributed by atoms with Gasteiger partial charge in [0.1, 0.15) is 5.60 Å². The van der Waals surface area contributed by atoms with Gasteiger partial charge >= 0.3 is 5.97 Å². The normalized spacial score (nSPS) is 15.7. The van der Waals surface area contributed by atoms with Crippen LogP contribution >= 0.6 is 15.9 Å². The molecule has 12 heteroatoms. The molecule has 0 atom stereocenters. The van der Waals surface area contributed by atoms with Crippen molar-refractivity contribution in [3.63, 3.8) is 0 Å². The van der Waals surface area contributed by atoms with Crippen molar-refractivity contribution in [1.82, 2.24) is 4.31 Å². The van der Waals surface area contributed by atoms with E-state index in [9.17, 15) is 21.6 Å². The third kappa shape index (κ3) is 6.58. The number of ether oxygens (including phenoxy) is 1. The number of rotatable bonds is 7. The molecule has 0 aliphatic carbocycles. The van der Waals surface area contributed by atoms with Crippen LogP contribution in [0.4, 0.5) is 11.4 Å². The highest BCUT2D eigenvalue weighted by Gasteiger charge is 2.31. The van der Waals surface area contributed by atoms with Gasteiger partial charge in [0.2, 0.25) is 10.0 Å². The van der Waals surface area contributed by atoms with Crippen molar-refractivity contribution in [1.29, 1.82) is 0 Å². The van der Waals surface area contributed by atoms with Crippen LogP contribution in [0.2, 0.25) is 0 Å². The van der Waals surface area contributed by atoms with Gasteiger partial charge in [0.05, 0.1) is 27.1 Å². The summed E-state index contributed by atoms with van der Waals surface area (Å²) in [6.45, 7) is 6.63. The minimum absolute atomic E-state index is 0.00227. The number of benzene rings is 2. The SMILES string of the molecule is CN(C)S(=O)(=O)c1ccc(S(=O)(=O)Nc2cccc(Br)c2N2CCC(C(=O)OC(C)(C)C)CC2)cc1. The Labute approximate surface area is 222 Å². The van der Waals surface area contributed by atoms with Crippen LogP contribution in [0, 0.1) is 5.92 Å². The van der Waals surface area contributed by atoms with E-state index in [1.54, 1.807) is 12.1 Å². The number of halogens is 1. The molecule has 0 unspecified atom stereocenters. The number of sulfonamides is 2. The number of para-hydroxylation sites is 1.